The van der Waals surface area contributed by atoms with Crippen molar-refractivity contribution >= 4 is 6.08 Å². The molecule has 0 aromatic heterocycles. The van der Waals surface area contributed by atoms with Crippen molar-refractivity contribution in [3.05, 3.63) is 35.4 Å². The van der Waals surface area contributed by atoms with Crippen LogP contribution in [0.1, 0.15) is 63.0 Å². The SMILES string of the molecule is CCC(CC)c1ccccc1C1(N=C=O)CCC1. The van der Waals surface area contributed by atoms with Crippen LogP contribution in [0, 0.1) is 0 Å². The molecule has 1 fully saturated rings. The van der Waals surface area contributed by atoms with Gasteiger partial charge in [-0.1, -0.05) is 38.1 Å². The van der Waals surface area contributed by atoms with Crippen LogP contribution in [0.3, 0.4) is 0 Å². The second-order valence-corrected chi connectivity index (χ2v) is 5.19. The molecule has 2 rings (SSSR count). The van der Waals surface area contributed by atoms with Gasteiger partial charge in [0.25, 0.3) is 0 Å². The minimum absolute atomic E-state index is 0.263. The lowest BCUT2D eigenvalue weighted by Crippen LogP contribution is -2.33. The number of carbonyl (C=O) groups excluding carboxylic acids is 1. The van der Waals surface area contributed by atoms with Crippen LogP contribution in [0.25, 0.3) is 0 Å². The van der Waals surface area contributed by atoms with Crippen molar-refractivity contribution in [2.75, 3.05) is 0 Å². The molecule has 0 heterocycles. The van der Waals surface area contributed by atoms with E-state index in [1.54, 1.807) is 6.08 Å². The molecule has 0 spiro atoms. The maximum Gasteiger partial charge on any atom is 0.235 e. The minimum atomic E-state index is -0.263. The zero-order valence-corrected chi connectivity index (χ0v) is 11.3. The maximum atomic E-state index is 10.7. The molecule has 0 unspecified atom stereocenters. The largest absolute Gasteiger partial charge is 0.235 e. The van der Waals surface area contributed by atoms with Crippen LogP contribution >= 0.6 is 0 Å². The first kappa shape index (κ1) is 13.0. The van der Waals surface area contributed by atoms with Gasteiger partial charge in [-0.15, -0.1) is 0 Å². The standard InChI is InChI=1S/C16H21NO/c1-3-13(4-2)14-8-5-6-9-15(14)16(17-12-18)10-7-11-16/h5-6,8-9,13H,3-4,7,10-11H2,1-2H3. The molecule has 1 aliphatic carbocycles. The van der Waals surface area contributed by atoms with E-state index < -0.39 is 0 Å². The van der Waals surface area contributed by atoms with E-state index in [9.17, 15) is 4.79 Å². The molecule has 2 nitrogen and oxygen atoms in total. The summed E-state index contributed by atoms with van der Waals surface area (Å²) in [5, 5.41) is 0. The molecule has 96 valence electrons. The molecule has 1 saturated carbocycles. The van der Waals surface area contributed by atoms with Crippen molar-refractivity contribution in [1.29, 1.82) is 0 Å². The first-order valence-corrected chi connectivity index (χ1v) is 6.96. The van der Waals surface area contributed by atoms with Crippen molar-refractivity contribution in [1.82, 2.24) is 0 Å². The Balaban J connectivity index is 2.47. The predicted octanol–water partition coefficient (Wildman–Crippen LogP) is 4.31. The van der Waals surface area contributed by atoms with Crippen LogP contribution in [-0.2, 0) is 10.3 Å². The lowest BCUT2D eigenvalue weighted by atomic mass is 9.69. The lowest BCUT2D eigenvalue weighted by molar-refractivity contribution is 0.253. The lowest BCUT2D eigenvalue weighted by Gasteiger charge is -2.39. The van der Waals surface area contributed by atoms with E-state index in [-0.39, 0.29) is 5.54 Å². The van der Waals surface area contributed by atoms with Gasteiger partial charge in [0.15, 0.2) is 0 Å². The molecule has 0 bridgehead atoms. The number of nitrogens with zero attached hydrogens (tertiary/aromatic N) is 1. The van der Waals surface area contributed by atoms with Gasteiger partial charge < -0.3 is 0 Å². The fraction of sp³-hybridized carbons (Fsp3) is 0.562. The number of hydrogen-bond donors (Lipinski definition) is 0. The fourth-order valence-electron chi connectivity index (χ4n) is 3.05. The van der Waals surface area contributed by atoms with Crippen LogP contribution in [0.4, 0.5) is 0 Å². The molecule has 18 heavy (non-hydrogen) atoms. The average Bonchev–Trinajstić information content (AvgIpc) is 2.36. The Morgan fingerprint density at radius 1 is 1.28 bits per heavy atom. The average molecular weight is 243 g/mol. The molecule has 0 saturated heterocycles. The van der Waals surface area contributed by atoms with E-state index in [2.05, 4.69) is 43.1 Å². The molecule has 2 heteroatoms. The quantitative estimate of drug-likeness (QED) is 0.560. The van der Waals surface area contributed by atoms with Crippen LogP contribution in [0.5, 0.6) is 0 Å². The summed E-state index contributed by atoms with van der Waals surface area (Å²) in [7, 11) is 0. The van der Waals surface area contributed by atoms with Crippen molar-refractivity contribution in [3.8, 4) is 0 Å². The van der Waals surface area contributed by atoms with Gasteiger partial charge in [0.05, 0.1) is 5.54 Å². The number of rotatable bonds is 5. The third kappa shape index (κ3) is 2.13. The van der Waals surface area contributed by atoms with Crippen LogP contribution < -0.4 is 0 Å². The summed E-state index contributed by atoms with van der Waals surface area (Å²) >= 11 is 0. The fourth-order valence-corrected chi connectivity index (χ4v) is 3.05. The van der Waals surface area contributed by atoms with Gasteiger partial charge in [-0.2, -0.15) is 4.99 Å². The summed E-state index contributed by atoms with van der Waals surface area (Å²) in [6.45, 7) is 4.45. The summed E-state index contributed by atoms with van der Waals surface area (Å²) in [6.07, 6.45) is 7.18. The van der Waals surface area contributed by atoms with Gasteiger partial charge >= 0.3 is 0 Å². The molecule has 0 atom stereocenters. The van der Waals surface area contributed by atoms with E-state index in [1.165, 1.54) is 11.1 Å². The van der Waals surface area contributed by atoms with Crippen LogP contribution in [0.15, 0.2) is 29.3 Å². The Labute approximate surface area is 109 Å². The van der Waals surface area contributed by atoms with Gasteiger partial charge in [0.1, 0.15) is 0 Å². The summed E-state index contributed by atoms with van der Waals surface area (Å²) in [5.74, 6) is 0.570. The van der Waals surface area contributed by atoms with Gasteiger partial charge in [-0.25, -0.2) is 4.79 Å². The van der Waals surface area contributed by atoms with Crippen molar-refractivity contribution in [3.63, 3.8) is 0 Å². The topological polar surface area (TPSA) is 29.4 Å². The van der Waals surface area contributed by atoms with E-state index in [0.29, 0.717) is 5.92 Å². The monoisotopic (exact) mass is 243 g/mol. The molecular weight excluding hydrogens is 222 g/mol. The molecule has 0 N–H and O–H groups in total. The minimum Gasteiger partial charge on any atom is -0.211 e. The van der Waals surface area contributed by atoms with Crippen molar-refractivity contribution in [2.24, 2.45) is 4.99 Å². The van der Waals surface area contributed by atoms with Gasteiger partial charge in [-0.05, 0) is 49.1 Å². The van der Waals surface area contributed by atoms with Crippen LogP contribution in [-0.4, -0.2) is 6.08 Å². The predicted molar refractivity (Wildman–Crippen MR) is 73.4 cm³/mol. The molecular formula is C16H21NO. The van der Waals surface area contributed by atoms with Gasteiger partial charge in [0.2, 0.25) is 6.08 Å². The highest BCUT2D eigenvalue weighted by Gasteiger charge is 2.40. The molecule has 1 aromatic carbocycles. The van der Waals surface area contributed by atoms with Gasteiger partial charge in [0, 0.05) is 0 Å². The normalized spacial score (nSPS) is 17.1. The second-order valence-electron chi connectivity index (χ2n) is 5.19. The van der Waals surface area contributed by atoms with E-state index >= 15 is 0 Å². The molecule has 0 amide bonds. The van der Waals surface area contributed by atoms with E-state index in [0.717, 1.165) is 32.1 Å². The summed E-state index contributed by atoms with van der Waals surface area (Å²) in [4.78, 5) is 14.9. The highest BCUT2D eigenvalue weighted by atomic mass is 16.1. The van der Waals surface area contributed by atoms with Crippen molar-refractivity contribution in [2.45, 2.75) is 57.4 Å². The number of isocyanates is 1. The van der Waals surface area contributed by atoms with Crippen LogP contribution in [0.2, 0.25) is 0 Å². The summed E-state index contributed by atoms with van der Waals surface area (Å²) in [6, 6.07) is 8.50. The molecule has 0 aliphatic heterocycles. The van der Waals surface area contributed by atoms with E-state index in [1.807, 2.05) is 0 Å². The second kappa shape index (κ2) is 5.49. The Morgan fingerprint density at radius 3 is 2.44 bits per heavy atom. The Kier molecular flexibility index (Phi) is 3.98. The Morgan fingerprint density at radius 2 is 1.94 bits per heavy atom. The number of aliphatic imine (C=N–C) groups is 1. The highest BCUT2D eigenvalue weighted by Crippen LogP contribution is 2.47. The number of hydrogen-bond acceptors (Lipinski definition) is 2. The summed E-state index contributed by atoms with van der Waals surface area (Å²) < 4.78 is 0. The maximum absolute atomic E-state index is 10.7. The molecule has 1 aromatic rings. The van der Waals surface area contributed by atoms with E-state index in [4.69, 9.17) is 0 Å². The third-order valence-corrected chi connectivity index (χ3v) is 4.33. The first-order valence-electron chi connectivity index (χ1n) is 6.96. The highest BCUT2D eigenvalue weighted by molar-refractivity contribution is 5.43. The Bertz CT molecular complexity index is 452. The number of benzene rings is 1. The van der Waals surface area contributed by atoms with Gasteiger partial charge in [-0.3, -0.25) is 0 Å². The molecule has 1 aliphatic rings. The zero-order chi connectivity index (χ0) is 13.0. The third-order valence-electron chi connectivity index (χ3n) is 4.33. The molecule has 0 radical (unpaired) electrons. The van der Waals surface area contributed by atoms with Crippen molar-refractivity contribution < 1.29 is 4.79 Å². The first-order chi connectivity index (χ1) is 8.77. The zero-order valence-electron chi connectivity index (χ0n) is 11.3. The summed E-state index contributed by atoms with van der Waals surface area (Å²) in [5.41, 5.74) is 2.37. The Hall–Kier alpha value is -1.40. The smallest absolute Gasteiger partial charge is 0.211 e.